The molecule has 3 nitrogen and oxygen atoms in total. The van der Waals surface area contributed by atoms with Crippen LogP contribution in [0.15, 0.2) is 53.4 Å². The fourth-order valence-electron chi connectivity index (χ4n) is 1.73. The Labute approximate surface area is 133 Å². The number of halogens is 1. The Hall–Kier alpha value is -1.65. The molecule has 0 fully saturated rings. The van der Waals surface area contributed by atoms with Gasteiger partial charge in [0.1, 0.15) is 5.75 Å². The Morgan fingerprint density at radius 2 is 2.00 bits per heavy atom. The van der Waals surface area contributed by atoms with Crippen molar-refractivity contribution in [3.05, 3.63) is 53.6 Å². The molecule has 2 aromatic carbocycles. The van der Waals surface area contributed by atoms with E-state index < -0.39 is 0 Å². The van der Waals surface area contributed by atoms with Crippen LogP contribution in [0.5, 0.6) is 5.75 Å². The molecule has 0 bridgehead atoms. The van der Waals surface area contributed by atoms with E-state index in [1.807, 2.05) is 49.4 Å². The molecule has 1 unspecified atom stereocenters. The van der Waals surface area contributed by atoms with Crippen LogP contribution in [0.2, 0.25) is 5.02 Å². The molecule has 1 N–H and O–H groups in total. The lowest BCUT2D eigenvalue weighted by Gasteiger charge is -2.13. The molecule has 0 spiro atoms. The summed E-state index contributed by atoms with van der Waals surface area (Å²) in [4.78, 5) is 13.1. The Kier molecular flexibility index (Phi) is 5.53. The van der Waals surface area contributed by atoms with Crippen molar-refractivity contribution in [2.45, 2.75) is 17.1 Å². The lowest BCUT2D eigenvalue weighted by molar-refractivity contribution is -0.115. The highest BCUT2D eigenvalue weighted by atomic mass is 35.5. The number of ether oxygens (including phenoxy) is 1. The van der Waals surface area contributed by atoms with Crippen LogP contribution in [0.25, 0.3) is 0 Å². The van der Waals surface area contributed by atoms with Crippen molar-refractivity contribution >= 4 is 35.0 Å². The van der Waals surface area contributed by atoms with E-state index in [4.69, 9.17) is 16.3 Å². The number of carbonyl (C=O) groups excluding carboxylic acids is 1. The molecule has 2 rings (SSSR count). The number of amides is 1. The molecule has 0 radical (unpaired) electrons. The maximum absolute atomic E-state index is 12.2. The van der Waals surface area contributed by atoms with E-state index >= 15 is 0 Å². The average molecular weight is 322 g/mol. The van der Waals surface area contributed by atoms with Gasteiger partial charge in [-0.15, -0.1) is 11.8 Å². The number of hydrogen-bond donors (Lipinski definition) is 1. The van der Waals surface area contributed by atoms with Crippen molar-refractivity contribution in [3.8, 4) is 5.75 Å². The van der Waals surface area contributed by atoms with E-state index in [2.05, 4.69) is 5.32 Å². The summed E-state index contributed by atoms with van der Waals surface area (Å²) in [7, 11) is 1.59. The minimum atomic E-state index is -0.254. The van der Waals surface area contributed by atoms with Crippen LogP contribution in [-0.4, -0.2) is 18.3 Å². The van der Waals surface area contributed by atoms with Crippen molar-refractivity contribution < 1.29 is 9.53 Å². The first-order valence-corrected chi connectivity index (χ1v) is 7.72. The number of benzene rings is 2. The number of thioether (sulfide) groups is 1. The Morgan fingerprint density at radius 1 is 1.24 bits per heavy atom. The van der Waals surface area contributed by atoms with Gasteiger partial charge in [0.05, 0.1) is 17.4 Å². The molecule has 110 valence electrons. The second kappa shape index (κ2) is 7.38. The van der Waals surface area contributed by atoms with Crippen molar-refractivity contribution in [2.24, 2.45) is 0 Å². The van der Waals surface area contributed by atoms with Gasteiger partial charge in [0.2, 0.25) is 5.91 Å². The number of methoxy groups -OCH3 is 1. The summed E-state index contributed by atoms with van der Waals surface area (Å²) in [6, 6.07) is 14.8. The Balaban J connectivity index is 2.01. The summed E-state index contributed by atoms with van der Waals surface area (Å²) in [5.41, 5.74) is 0.714. The van der Waals surface area contributed by atoms with Gasteiger partial charge in [0.15, 0.2) is 0 Å². The first-order valence-electron chi connectivity index (χ1n) is 6.46. The largest absolute Gasteiger partial charge is 0.497 e. The van der Waals surface area contributed by atoms with Crippen molar-refractivity contribution in [3.63, 3.8) is 0 Å². The first-order chi connectivity index (χ1) is 10.1. The van der Waals surface area contributed by atoms with Crippen molar-refractivity contribution in [2.75, 3.05) is 12.4 Å². The molecule has 2 aromatic rings. The summed E-state index contributed by atoms with van der Waals surface area (Å²) >= 11 is 7.54. The molecule has 0 saturated carbocycles. The third-order valence-electron chi connectivity index (χ3n) is 2.85. The van der Waals surface area contributed by atoms with Gasteiger partial charge >= 0.3 is 0 Å². The van der Waals surface area contributed by atoms with Crippen LogP contribution in [-0.2, 0) is 4.79 Å². The third-order valence-corrected chi connectivity index (χ3v) is 4.47. The van der Waals surface area contributed by atoms with Crippen LogP contribution in [0.3, 0.4) is 0 Å². The van der Waals surface area contributed by atoms with Gasteiger partial charge in [-0.05, 0) is 31.2 Å². The van der Waals surface area contributed by atoms with Gasteiger partial charge in [-0.1, -0.05) is 29.8 Å². The van der Waals surface area contributed by atoms with Crippen LogP contribution >= 0.6 is 23.4 Å². The molecular weight excluding hydrogens is 306 g/mol. The highest BCUT2D eigenvalue weighted by Gasteiger charge is 2.16. The summed E-state index contributed by atoms with van der Waals surface area (Å²) in [6.45, 7) is 1.85. The summed E-state index contributed by atoms with van der Waals surface area (Å²) in [6.07, 6.45) is 0. The topological polar surface area (TPSA) is 38.3 Å². The zero-order chi connectivity index (χ0) is 15.2. The summed E-state index contributed by atoms with van der Waals surface area (Å²) in [5, 5.41) is 3.28. The minimum Gasteiger partial charge on any atom is -0.497 e. The minimum absolute atomic E-state index is 0.0758. The predicted molar refractivity (Wildman–Crippen MR) is 88.4 cm³/mol. The zero-order valence-corrected chi connectivity index (χ0v) is 13.4. The molecule has 0 saturated heterocycles. The number of nitrogens with one attached hydrogen (secondary N) is 1. The highest BCUT2D eigenvalue weighted by molar-refractivity contribution is 8.00. The molecule has 0 aromatic heterocycles. The fourth-order valence-corrected chi connectivity index (χ4v) is 2.88. The summed E-state index contributed by atoms with van der Waals surface area (Å²) < 4.78 is 5.13. The van der Waals surface area contributed by atoms with Crippen LogP contribution in [0, 0.1) is 0 Å². The molecule has 0 heterocycles. The van der Waals surface area contributed by atoms with Gasteiger partial charge in [0.25, 0.3) is 0 Å². The standard InChI is InChI=1S/C16H16ClNO2S/c1-11(21-15-9-4-3-8-14(15)17)16(19)18-12-6-5-7-13(10-12)20-2/h3-11H,1-2H3,(H,18,19). The van der Waals surface area contributed by atoms with Gasteiger partial charge in [0, 0.05) is 16.6 Å². The van der Waals surface area contributed by atoms with Gasteiger partial charge in [-0.25, -0.2) is 0 Å². The zero-order valence-electron chi connectivity index (χ0n) is 11.8. The van der Waals surface area contributed by atoms with Crippen molar-refractivity contribution in [1.82, 2.24) is 0 Å². The number of carbonyl (C=O) groups is 1. The molecule has 1 amide bonds. The quantitative estimate of drug-likeness (QED) is 0.826. The number of hydrogen-bond acceptors (Lipinski definition) is 3. The second-order valence-corrected chi connectivity index (χ2v) is 6.20. The smallest absolute Gasteiger partial charge is 0.237 e. The van der Waals surface area contributed by atoms with E-state index in [9.17, 15) is 4.79 Å². The van der Waals surface area contributed by atoms with Gasteiger partial charge in [-0.3, -0.25) is 4.79 Å². The molecule has 0 aliphatic carbocycles. The van der Waals surface area contributed by atoms with Gasteiger partial charge < -0.3 is 10.1 Å². The molecule has 21 heavy (non-hydrogen) atoms. The second-order valence-electron chi connectivity index (χ2n) is 4.41. The number of anilines is 1. The van der Waals surface area contributed by atoms with E-state index in [0.29, 0.717) is 16.5 Å². The average Bonchev–Trinajstić information content (AvgIpc) is 2.49. The monoisotopic (exact) mass is 321 g/mol. The molecule has 1 atom stereocenters. The molecule has 0 aliphatic heterocycles. The van der Waals surface area contributed by atoms with Gasteiger partial charge in [-0.2, -0.15) is 0 Å². The first kappa shape index (κ1) is 15.7. The number of rotatable bonds is 5. The normalized spacial score (nSPS) is 11.8. The highest BCUT2D eigenvalue weighted by Crippen LogP contribution is 2.30. The van der Waals surface area contributed by atoms with E-state index in [-0.39, 0.29) is 11.2 Å². The van der Waals surface area contributed by atoms with E-state index in [0.717, 1.165) is 4.90 Å². The fraction of sp³-hybridized carbons (Fsp3) is 0.188. The van der Waals surface area contributed by atoms with Crippen LogP contribution < -0.4 is 10.1 Å². The van der Waals surface area contributed by atoms with Crippen LogP contribution in [0.1, 0.15) is 6.92 Å². The maximum atomic E-state index is 12.2. The lowest BCUT2D eigenvalue weighted by Crippen LogP contribution is -2.22. The van der Waals surface area contributed by atoms with Crippen LogP contribution in [0.4, 0.5) is 5.69 Å². The Bertz CT molecular complexity index is 633. The summed E-state index contributed by atoms with van der Waals surface area (Å²) in [5.74, 6) is 0.632. The van der Waals surface area contributed by atoms with E-state index in [1.54, 1.807) is 13.2 Å². The third kappa shape index (κ3) is 4.41. The van der Waals surface area contributed by atoms with E-state index in [1.165, 1.54) is 11.8 Å². The van der Waals surface area contributed by atoms with Crippen molar-refractivity contribution in [1.29, 1.82) is 0 Å². The maximum Gasteiger partial charge on any atom is 0.237 e. The predicted octanol–water partition coefficient (Wildman–Crippen LogP) is 4.47. The lowest BCUT2D eigenvalue weighted by atomic mass is 10.3. The Morgan fingerprint density at radius 3 is 2.71 bits per heavy atom. The molecular formula is C16H16ClNO2S. The SMILES string of the molecule is COc1cccc(NC(=O)C(C)Sc2ccccc2Cl)c1. The molecule has 5 heteroatoms. The molecule has 0 aliphatic rings.